The van der Waals surface area contributed by atoms with E-state index in [9.17, 15) is 0 Å². The average Bonchev–Trinajstić information content (AvgIpc) is 3.51. The lowest BCUT2D eigenvalue weighted by molar-refractivity contribution is 0.283. The fraction of sp³-hybridized carbons (Fsp3) is 0.542. The summed E-state index contributed by atoms with van der Waals surface area (Å²) in [5.41, 5.74) is 7.94. The van der Waals surface area contributed by atoms with Gasteiger partial charge in [-0.15, -0.1) is 12.4 Å². The maximum Gasteiger partial charge on any atom is 0.249 e. The molecule has 1 aromatic carbocycles. The summed E-state index contributed by atoms with van der Waals surface area (Å²) < 4.78 is 7.95. The van der Waals surface area contributed by atoms with Gasteiger partial charge in [0.05, 0.1) is 0 Å². The van der Waals surface area contributed by atoms with Gasteiger partial charge in [0.15, 0.2) is 5.96 Å². The van der Waals surface area contributed by atoms with E-state index in [1.165, 1.54) is 50.5 Å². The minimum absolute atomic E-state index is 0. The van der Waals surface area contributed by atoms with Crippen molar-refractivity contribution in [2.75, 3.05) is 6.54 Å². The van der Waals surface area contributed by atoms with Crippen molar-refractivity contribution in [3.63, 3.8) is 0 Å². The lowest BCUT2D eigenvalue weighted by Crippen LogP contribution is -2.35. The van der Waals surface area contributed by atoms with Crippen LogP contribution in [0.1, 0.15) is 76.6 Å². The first-order chi connectivity index (χ1) is 15.2. The molecule has 1 aliphatic heterocycles. The summed E-state index contributed by atoms with van der Waals surface area (Å²) in [5, 5.41) is 13.2. The van der Waals surface area contributed by atoms with Crippen LogP contribution in [0.5, 0.6) is 0 Å². The van der Waals surface area contributed by atoms with Crippen molar-refractivity contribution in [2.45, 2.75) is 77.3 Å². The smallest absolute Gasteiger partial charge is 0.249 e. The first-order valence-corrected chi connectivity index (χ1v) is 11.7. The second-order valence-electron chi connectivity index (χ2n) is 8.57. The Morgan fingerprint density at radius 2 is 1.91 bits per heavy atom. The molecule has 0 aliphatic carbocycles. The Hall–Kier alpha value is -2.54. The van der Waals surface area contributed by atoms with Crippen molar-refractivity contribution in [1.82, 2.24) is 19.6 Å². The van der Waals surface area contributed by atoms with Crippen LogP contribution in [0.4, 0.5) is 0 Å². The van der Waals surface area contributed by atoms with Crippen LogP contribution in [0, 0.1) is 5.41 Å². The number of unbranched alkanes of at least 4 members (excludes halogenated alkanes) is 6. The number of para-hydroxylation sites is 1. The number of likely N-dealkylation sites (tertiary alicyclic amines) is 1. The fourth-order valence-corrected chi connectivity index (χ4v) is 4.64. The van der Waals surface area contributed by atoms with Gasteiger partial charge in [-0.25, -0.2) is 0 Å². The quantitative estimate of drug-likeness (QED) is 0.224. The van der Waals surface area contributed by atoms with Gasteiger partial charge < -0.3 is 19.7 Å². The molecule has 0 amide bonds. The SMILES string of the molecule is CCCCCCCCCn1cc(-c2noc(C3CCCN3C(=N)N)n2)c2ccccc21.Cl. The number of nitrogens with two attached hydrogens (primary N) is 1. The molecule has 0 saturated carbocycles. The molecule has 1 unspecified atom stereocenters. The van der Waals surface area contributed by atoms with Crippen LogP contribution in [0.15, 0.2) is 35.0 Å². The molecule has 2 aromatic heterocycles. The number of nitrogens with one attached hydrogen (secondary N) is 1. The second kappa shape index (κ2) is 11.4. The van der Waals surface area contributed by atoms with Crippen LogP contribution in [-0.4, -0.2) is 32.1 Å². The predicted molar refractivity (Wildman–Crippen MR) is 131 cm³/mol. The minimum Gasteiger partial charge on any atom is -0.370 e. The molecule has 7 nitrogen and oxygen atoms in total. The third-order valence-corrected chi connectivity index (χ3v) is 6.32. The zero-order chi connectivity index (χ0) is 21.6. The van der Waals surface area contributed by atoms with Crippen molar-refractivity contribution in [3.05, 3.63) is 36.4 Å². The first-order valence-electron chi connectivity index (χ1n) is 11.7. The van der Waals surface area contributed by atoms with Gasteiger partial charge in [0.25, 0.3) is 0 Å². The zero-order valence-electron chi connectivity index (χ0n) is 18.9. The van der Waals surface area contributed by atoms with Gasteiger partial charge in [0.1, 0.15) is 6.04 Å². The molecule has 1 saturated heterocycles. The summed E-state index contributed by atoms with van der Waals surface area (Å²) in [7, 11) is 0. The zero-order valence-corrected chi connectivity index (χ0v) is 19.7. The monoisotopic (exact) mass is 458 g/mol. The van der Waals surface area contributed by atoms with Crippen molar-refractivity contribution >= 4 is 29.3 Å². The number of hydrogen-bond donors (Lipinski definition) is 2. The standard InChI is InChI=1S/C24H34N6O.ClH/c1-2-3-4-5-6-7-10-15-29-17-19(18-12-8-9-13-20(18)29)22-27-23(31-28-22)21-14-11-16-30(21)24(25)26;/h8-9,12-13,17,21H,2-7,10-11,14-16H2,1H3,(H3,25,26);1H. The highest BCUT2D eigenvalue weighted by atomic mass is 35.5. The molecule has 3 heterocycles. The highest BCUT2D eigenvalue weighted by Crippen LogP contribution is 2.34. The van der Waals surface area contributed by atoms with Gasteiger partial charge in [-0.2, -0.15) is 4.98 Å². The predicted octanol–water partition coefficient (Wildman–Crippen LogP) is 5.89. The van der Waals surface area contributed by atoms with Gasteiger partial charge in [-0.1, -0.05) is 68.8 Å². The Morgan fingerprint density at radius 1 is 1.16 bits per heavy atom. The maximum atomic E-state index is 7.79. The number of fused-ring (bicyclic) bond motifs is 1. The third-order valence-electron chi connectivity index (χ3n) is 6.32. The van der Waals surface area contributed by atoms with E-state index in [-0.39, 0.29) is 24.4 Å². The first kappa shape index (κ1) is 24.1. The molecule has 0 spiro atoms. The van der Waals surface area contributed by atoms with Gasteiger partial charge in [0, 0.05) is 35.8 Å². The number of rotatable bonds is 10. The lowest BCUT2D eigenvalue weighted by Gasteiger charge is -2.21. The summed E-state index contributed by atoms with van der Waals surface area (Å²) in [4.78, 5) is 6.55. The van der Waals surface area contributed by atoms with E-state index in [0.717, 1.165) is 36.9 Å². The van der Waals surface area contributed by atoms with Gasteiger partial charge in [-0.3, -0.25) is 5.41 Å². The Balaban J connectivity index is 0.00000289. The molecule has 0 bridgehead atoms. The summed E-state index contributed by atoms with van der Waals surface area (Å²) in [6.45, 7) is 4.02. The third kappa shape index (κ3) is 5.26. The number of benzene rings is 1. The molecule has 1 fully saturated rings. The maximum absolute atomic E-state index is 7.79. The molecular formula is C24H35ClN6O. The van der Waals surface area contributed by atoms with Gasteiger partial charge in [0.2, 0.25) is 11.7 Å². The van der Waals surface area contributed by atoms with E-state index in [0.29, 0.717) is 11.7 Å². The summed E-state index contributed by atoms with van der Waals surface area (Å²) in [5.74, 6) is 1.22. The number of halogens is 1. The summed E-state index contributed by atoms with van der Waals surface area (Å²) in [6, 6.07) is 8.33. The van der Waals surface area contributed by atoms with Crippen LogP contribution in [0.2, 0.25) is 0 Å². The summed E-state index contributed by atoms with van der Waals surface area (Å²) >= 11 is 0. The number of aromatic nitrogens is 3. The van der Waals surface area contributed by atoms with Gasteiger partial charge >= 0.3 is 0 Å². The van der Waals surface area contributed by atoms with E-state index in [4.69, 9.17) is 20.7 Å². The molecule has 4 rings (SSSR count). The molecule has 3 aromatic rings. The Labute approximate surface area is 196 Å². The van der Waals surface area contributed by atoms with Crippen LogP contribution in [0.25, 0.3) is 22.3 Å². The number of hydrogen-bond acceptors (Lipinski definition) is 4. The van der Waals surface area contributed by atoms with Gasteiger partial charge in [-0.05, 0) is 25.3 Å². The summed E-state index contributed by atoms with van der Waals surface area (Å²) in [6.07, 6.45) is 13.1. The largest absolute Gasteiger partial charge is 0.370 e. The molecule has 0 radical (unpaired) electrons. The van der Waals surface area contributed by atoms with Crippen molar-refractivity contribution in [1.29, 1.82) is 5.41 Å². The molecule has 3 N–H and O–H groups in total. The highest BCUT2D eigenvalue weighted by molar-refractivity contribution is 5.94. The molecule has 174 valence electrons. The lowest BCUT2D eigenvalue weighted by atomic mass is 10.1. The Bertz CT molecular complexity index is 1010. The Kier molecular flexibility index (Phi) is 8.56. The van der Waals surface area contributed by atoms with E-state index in [1.807, 2.05) is 4.90 Å². The second-order valence-corrected chi connectivity index (χ2v) is 8.57. The molecular weight excluding hydrogens is 424 g/mol. The normalized spacial score (nSPS) is 15.9. The van der Waals surface area contributed by atoms with Crippen molar-refractivity contribution in [3.8, 4) is 11.4 Å². The van der Waals surface area contributed by atoms with E-state index < -0.39 is 0 Å². The van der Waals surface area contributed by atoms with E-state index in [2.05, 4.69) is 47.1 Å². The molecule has 1 atom stereocenters. The van der Waals surface area contributed by atoms with Crippen LogP contribution in [-0.2, 0) is 6.54 Å². The molecule has 8 heteroatoms. The number of nitrogens with zero attached hydrogens (tertiary/aromatic N) is 4. The average molecular weight is 459 g/mol. The molecule has 32 heavy (non-hydrogen) atoms. The van der Waals surface area contributed by atoms with E-state index >= 15 is 0 Å². The van der Waals surface area contributed by atoms with Crippen molar-refractivity contribution < 1.29 is 4.52 Å². The Morgan fingerprint density at radius 3 is 2.69 bits per heavy atom. The van der Waals surface area contributed by atoms with Crippen molar-refractivity contribution in [2.24, 2.45) is 5.73 Å². The van der Waals surface area contributed by atoms with Crippen LogP contribution >= 0.6 is 12.4 Å². The number of guanidine groups is 1. The minimum atomic E-state index is -0.0974. The van der Waals surface area contributed by atoms with Crippen LogP contribution in [0.3, 0.4) is 0 Å². The highest BCUT2D eigenvalue weighted by Gasteiger charge is 2.32. The van der Waals surface area contributed by atoms with E-state index in [1.54, 1.807) is 0 Å². The van der Waals surface area contributed by atoms with Crippen LogP contribution < -0.4 is 5.73 Å². The topological polar surface area (TPSA) is 97.0 Å². The molecule has 1 aliphatic rings. The number of aryl methyl sites for hydroxylation is 1. The fourth-order valence-electron chi connectivity index (χ4n) is 4.64.